The van der Waals surface area contributed by atoms with Crippen molar-refractivity contribution in [3.63, 3.8) is 0 Å². The van der Waals surface area contributed by atoms with Crippen molar-refractivity contribution in [2.45, 2.75) is 0 Å². The van der Waals surface area contributed by atoms with Gasteiger partial charge in [-0.1, -0.05) is 15.9 Å². The van der Waals surface area contributed by atoms with E-state index in [-0.39, 0.29) is 0 Å². The number of rotatable bonds is 6. The highest BCUT2D eigenvalue weighted by molar-refractivity contribution is 9.10. The van der Waals surface area contributed by atoms with Crippen LogP contribution in [0.5, 0.6) is 5.75 Å². The third-order valence-electron chi connectivity index (χ3n) is 2.08. The summed E-state index contributed by atoms with van der Waals surface area (Å²) in [7, 11) is 1.48. The molecule has 21 heavy (non-hydrogen) atoms. The predicted molar refractivity (Wildman–Crippen MR) is 76.3 cm³/mol. The van der Waals surface area contributed by atoms with E-state index in [2.05, 4.69) is 26.0 Å². The first-order valence-electron chi connectivity index (χ1n) is 5.65. The maximum Gasteiger partial charge on any atom is 0.329 e. The third-order valence-corrected chi connectivity index (χ3v) is 2.53. The zero-order chi connectivity index (χ0) is 15.8. The lowest BCUT2D eigenvalue weighted by Crippen LogP contribution is -2.37. The van der Waals surface area contributed by atoms with Gasteiger partial charge in [-0.15, -0.1) is 0 Å². The number of carboxylic acids is 1. The Hall–Kier alpha value is -2.13. The molecule has 1 aromatic rings. The molecule has 0 saturated heterocycles. The van der Waals surface area contributed by atoms with Gasteiger partial charge in [0, 0.05) is 16.2 Å². The van der Waals surface area contributed by atoms with Crippen molar-refractivity contribution in [3.05, 3.63) is 22.7 Å². The van der Waals surface area contributed by atoms with Crippen LogP contribution in [0, 0.1) is 0 Å². The fourth-order valence-corrected chi connectivity index (χ4v) is 1.78. The van der Waals surface area contributed by atoms with Crippen molar-refractivity contribution >= 4 is 39.5 Å². The summed E-state index contributed by atoms with van der Waals surface area (Å²) in [5.74, 6) is -1.43. The van der Waals surface area contributed by atoms with E-state index in [1.54, 1.807) is 18.2 Å². The van der Waals surface area contributed by atoms with Crippen LogP contribution < -0.4 is 15.4 Å². The predicted octanol–water partition coefficient (Wildman–Crippen LogP) is 1.21. The summed E-state index contributed by atoms with van der Waals surface area (Å²) < 4.78 is 10.3. The molecule has 0 radical (unpaired) electrons. The second kappa shape index (κ2) is 8.22. The van der Waals surface area contributed by atoms with Gasteiger partial charge in [0.15, 0.2) is 0 Å². The Morgan fingerprint density at radius 3 is 2.57 bits per heavy atom. The van der Waals surface area contributed by atoms with Crippen molar-refractivity contribution in [1.82, 2.24) is 5.32 Å². The van der Waals surface area contributed by atoms with E-state index in [0.29, 0.717) is 15.9 Å². The molecular formula is C12H13BrN2O6. The lowest BCUT2D eigenvalue weighted by molar-refractivity contribution is -0.143. The van der Waals surface area contributed by atoms with Crippen molar-refractivity contribution < 1.29 is 29.0 Å². The molecule has 3 N–H and O–H groups in total. The molecule has 3 amide bonds. The van der Waals surface area contributed by atoms with Crippen LogP contribution >= 0.6 is 15.9 Å². The second-order valence-corrected chi connectivity index (χ2v) is 4.68. The fourth-order valence-electron chi connectivity index (χ4n) is 1.31. The van der Waals surface area contributed by atoms with Gasteiger partial charge in [0.05, 0.1) is 7.11 Å². The van der Waals surface area contributed by atoms with Crippen molar-refractivity contribution in [2.24, 2.45) is 0 Å². The zero-order valence-corrected chi connectivity index (χ0v) is 12.6. The van der Waals surface area contributed by atoms with Crippen molar-refractivity contribution in [2.75, 3.05) is 25.6 Å². The third kappa shape index (κ3) is 6.72. The van der Waals surface area contributed by atoms with Crippen LogP contribution in [0.2, 0.25) is 0 Å². The molecule has 8 nitrogen and oxygen atoms in total. The number of carboxylic acid groups (broad SMARTS) is 1. The molecule has 0 fully saturated rings. The van der Waals surface area contributed by atoms with Crippen LogP contribution in [0.1, 0.15) is 0 Å². The van der Waals surface area contributed by atoms with E-state index < -0.39 is 31.1 Å². The van der Waals surface area contributed by atoms with E-state index in [1.807, 2.05) is 5.32 Å². The lowest BCUT2D eigenvalue weighted by Gasteiger charge is -2.09. The summed E-state index contributed by atoms with van der Waals surface area (Å²) >= 11 is 3.25. The number of urea groups is 1. The van der Waals surface area contributed by atoms with E-state index in [1.165, 1.54) is 7.11 Å². The summed E-state index contributed by atoms with van der Waals surface area (Å²) in [5.41, 5.74) is 0.415. The first-order valence-corrected chi connectivity index (χ1v) is 6.45. The Balaban J connectivity index is 2.48. The molecule has 0 aliphatic heterocycles. The van der Waals surface area contributed by atoms with E-state index in [0.717, 1.165) is 0 Å². The maximum absolute atomic E-state index is 11.6. The highest BCUT2D eigenvalue weighted by atomic mass is 79.9. The van der Waals surface area contributed by atoms with Crippen LogP contribution in [0.25, 0.3) is 0 Å². The summed E-state index contributed by atoms with van der Waals surface area (Å²) in [6.07, 6.45) is 0. The molecule has 0 atom stereocenters. The standard InChI is InChI=1S/C12H13BrN2O6/c1-20-9-3-7(13)2-8(4-9)14-12(19)15-10(16)5-21-6-11(17)18/h2-4H,5-6H2,1H3,(H,17,18)(H2,14,15,16,19). The van der Waals surface area contributed by atoms with Gasteiger partial charge < -0.3 is 19.9 Å². The normalized spacial score (nSPS) is 9.81. The van der Waals surface area contributed by atoms with Gasteiger partial charge in [0.2, 0.25) is 0 Å². The summed E-state index contributed by atoms with van der Waals surface area (Å²) in [4.78, 5) is 33.0. The summed E-state index contributed by atoms with van der Waals surface area (Å²) in [5, 5.41) is 12.8. The highest BCUT2D eigenvalue weighted by Crippen LogP contribution is 2.24. The topological polar surface area (TPSA) is 114 Å². The Bertz CT molecular complexity index is 549. The minimum atomic E-state index is -1.20. The largest absolute Gasteiger partial charge is 0.497 e. The molecule has 114 valence electrons. The number of ether oxygens (including phenoxy) is 2. The number of anilines is 1. The number of imide groups is 1. The number of methoxy groups -OCH3 is 1. The molecular weight excluding hydrogens is 348 g/mol. The lowest BCUT2D eigenvalue weighted by atomic mass is 10.3. The Morgan fingerprint density at radius 2 is 1.95 bits per heavy atom. The second-order valence-electron chi connectivity index (χ2n) is 3.77. The molecule has 9 heteroatoms. The highest BCUT2D eigenvalue weighted by Gasteiger charge is 2.10. The van der Waals surface area contributed by atoms with Crippen LogP contribution in [0.3, 0.4) is 0 Å². The average molecular weight is 361 g/mol. The van der Waals surface area contributed by atoms with Gasteiger partial charge in [0.25, 0.3) is 5.91 Å². The molecule has 0 saturated carbocycles. The number of hydrogen-bond acceptors (Lipinski definition) is 5. The number of benzene rings is 1. The summed E-state index contributed by atoms with van der Waals surface area (Å²) in [6, 6.07) is 4.12. The van der Waals surface area contributed by atoms with E-state index >= 15 is 0 Å². The van der Waals surface area contributed by atoms with Gasteiger partial charge >= 0.3 is 12.0 Å². The monoisotopic (exact) mass is 360 g/mol. The molecule has 1 aromatic carbocycles. The van der Waals surface area contributed by atoms with E-state index in [9.17, 15) is 14.4 Å². The molecule has 0 unspecified atom stereocenters. The Morgan fingerprint density at radius 1 is 1.24 bits per heavy atom. The molecule has 1 rings (SSSR count). The van der Waals surface area contributed by atoms with Gasteiger partial charge in [-0.25, -0.2) is 9.59 Å². The SMILES string of the molecule is COc1cc(Br)cc(NC(=O)NC(=O)COCC(=O)O)c1. The van der Waals surface area contributed by atoms with Crippen LogP contribution in [-0.4, -0.2) is 43.3 Å². The van der Waals surface area contributed by atoms with Gasteiger partial charge in [-0.2, -0.15) is 0 Å². The molecule has 0 aliphatic rings. The number of nitrogens with one attached hydrogen (secondary N) is 2. The van der Waals surface area contributed by atoms with Gasteiger partial charge in [-0.3, -0.25) is 10.1 Å². The average Bonchev–Trinajstić information content (AvgIpc) is 2.36. The van der Waals surface area contributed by atoms with E-state index in [4.69, 9.17) is 9.84 Å². The smallest absolute Gasteiger partial charge is 0.329 e. The zero-order valence-electron chi connectivity index (χ0n) is 11.0. The van der Waals surface area contributed by atoms with Crippen LogP contribution in [0.15, 0.2) is 22.7 Å². The number of amides is 3. The quantitative estimate of drug-likeness (QED) is 0.702. The van der Waals surface area contributed by atoms with Crippen LogP contribution in [-0.2, 0) is 14.3 Å². The van der Waals surface area contributed by atoms with Crippen molar-refractivity contribution in [1.29, 1.82) is 0 Å². The van der Waals surface area contributed by atoms with Gasteiger partial charge in [-0.05, 0) is 12.1 Å². The number of aliphatic carboxylic acids is 1. The fraction of sp³-hybridized carbons (Fsp3) is 0.250. The molecule has 0 bridgehead atoms. The molecule has 0 heterocycles. The molecule has 0 aromatic heterocycles. The minimum absolute atomic E-state index is 0.415. The Kier molecular flexibility index (Phi) is 6.63. The number of hydrogen-bond donors (Lipinski definition) is 3. The first kappa shape index (κ1) is 16.9. The number of carbonyl (C=O) groups excluding carboxylic acids is 2. The Labute approximate surface area is 128 Å². The molecule has 0 spiro atoms. The van der Waals surface area contributed by atoms with Gasteiger partial charge in [0.1, 0.15) is 19.0 Å². The number of halogens is 1. The molecule has 0 aliphatic carbocycles. The maximum atomic E-state index is 11.6. The van der Waals surface area contributed by atoms with Crippen molar-refractivity contribution in [3.8, 4) is 5.75 Å². The minimum Gasteiger partial charge on any atom is -0.497 e. The van der Waals surface area contributed by atoms with Crippen LogP contribution in [0.4, 0.5) is 10.5 Å². The first-order chi connectivity index (χ1) is 9.90. The summed E-state index contributed by atoms with van der Waals surface area (Å²) in [6.45, 7) is -1.14. The number of carbonyl (C=O) groups is 3.